The second-order valence-corrected chi connectivity index (χ2v) is 5.87. The summed E-state index contributed by atoms with van der Waals surface area (Å²) >= 11 is 1.88. The van der Waals surface area contributed by atoms with Crippen LogP contribution in [0.5, 0.6) is 0 Å². The van der Waals surface area contributed by atoms with Gasteiger partial charge in [-0.15, -0.1) is 11.8 Å². The van der Waals surface area contributed by atoms with Crippen LogP contribution in [-0.4, -0.2) is 30.3 Å². The molecule has 1 heterocycles. The number of aliphatic imine (C=N–C) groups is 1. The van der Waals surface area contributed by atoms with Crippen molar-refractivity contribution in [3.05, 3.63) is 30.3 Å². The highest BCUT2D eigenvalue weighted by Crippen LogP contribution is 2.21. The summed E-state index contributed by atoms with van der Waals surface area (Å²) in [6.07, 6.45) is 0. The molecule has 3 nitrogen and oxygen atoms in total. The van der Waals surface area contributed by atoms with Crippen molar-refractivity contribution in [2.75, 3.05) is 13.1 Å². The summed E-state index contributed by atoms with van der Waals surface area (Å²) in [6, 6.07) is 11.0. The van der Waals surface area contributed by atoms with Crippen molar-refractivity contribution in [1.82, 2.24) is 10.6 Å². The Morgan fingerprint density at radius 3 is 2.88 bits per heavy atom. The number of hydrogen-bond donors (Lipinski definition) is 2. The molecule has 2 atom stereocenters. The van der Waals surface area contributed by atoms with Gasteiger partial charge in [0.2, 0.25) is 0 Å². The maximum absolute atomic E-state index is 4.38. The molecule has 1 aliphatic heterocycles. The van der Waals surface area contributed by atoms with Crippen LogP contribution in [0.25, 0.3) is 0 Å². The molecule has 1 aliphatic rings. The third-order valence-electron chi connectivity index (χ3n) is 2.54. The van der Waals surface area contributed by atoms with E-state index in [9.17, 15) is 0 Å². The summed E-state index contributed by atoms with van der Waals surface area (Å²) < 4.78 is 0. The highest BCUT2D eigenvalue weighted by molar-refractivity contribution is 8.00. The van der Waals surface area contributed by atoms with Gasteiger partial charge in [-0.2, -0.15) is 0 Å². The lowest BCUT2D eigenvalue weighted by atomic mass is 10.4. The maximum Gasteiger partial charge on any atom is 0.191 e. The molecule has 0 saturated heterocycles. The maximum atomic E-state index is 4.38. The third-order valence-corrected chi connectivity index (χ3v) is 3.66. The Morgan fingerprint density at radius 2 is 2.24 bits per heavy atom. The van der Waals surface area contributed by atoms with Crippen molar-refractivity contribution in [3.8, 4) is 0 Å². The molecular weight excluding hydrogens is 230 g/mol. The van der Waals surface area contributed by atoms with Crippen LogP contribution < -0.4 is 10.6 Å². The quantitative estimate of drug-likeness (QED) is 0.802. The van der Waals surface area contributed by atoms with Crippen LogP contribution in [0.3, 0.4) is 0 Å². The lowest BCUT2D eigenvalue weighted by Gasteiger charge is -2.14. The zero-order chi connectivity index (χ0) is 12.1. The van der Waals surface area contributed by atoms with Gasteiger partial charge in [0.1, 0.15) is 0 Å². The van der Waals surface area contributed by atoms with Crippen LogP contribution in [0.1, 0.15) is 13.8 Å². The minimum absolute atomic E-state index is 0.467. The SMILES string of the molecule is CC1CN=C(NCC(C)Sc2ccccc2)N1. The molecule has 2 N–H and O–H groups in total. The molecule has 0 amide bonds. The summed E-state index contributed by atoms with van der Waals surface area (Å²) in [4.78, 5) is 5.70. The molecule has 1 aromatic rings. The van der Waals surface area contributed by atoms with Crippen LogP contribution in [0.15, 0.2) is 40.2 Å². The van der Waals surface area contributed by atoms with Gasteiger partial charge >= 0.3 is 0 Å². The Bertz CT molecular complexity index is 378. The largest absolute Gasteiger partial charge is 0.355 e. The number of nitrogens with one attached hydrogen (secondary N) is 2. The van der Waals surface area contributed by atoms with Crippen LogP contribution in [0.2, 0.25) is 0 Å². The van der Waals surface area contributed by atoms with Gasteiger partial charge in [0.25, 0.3) is 0 Å². The van der Waals surface area contributed by atoms with E-state index in [1.165, 1.54) is 4.90 Å². The van der Waals surface area contributed by atoms with Crippen LogP contribution in [0.4, 0.5) is 0 Å². The van der Waals surface area contributed by atoms with Crippen molar-refractivity contribution in [1.29, 1.82) is 0 Å². The first-order valence-electron chi connectivity index (χ1n) is 6.00. The van der Waals surface area contributed by atoms with Crippen molar-refractivity contribution >= 4 is 17.7 Å². The van der Waals surface area contributed by atoms with Crippen LogP contribution >= 0.6 is 11.8 Å². The Morgan fingerprint density at radius 1 is 1.47 bits per heavy atom. The monoisotopic (exact) mass is 249 g/mol. The molecule has 0 aromatic heterocycles. The van der Waals surface area contributed by atoms with Crippen molar-refractivity contribution in [2.24, 2.45) is 4.99 Å². The predicted octanol–water partition coefficient (Wildman–Crippen LogP) is 2.10. The number of benzene rings is 1. The van der Waals surface area contributed by atoms with E-state index in [4.69, 9.17) is 0 Å². The Hall–Kier alpha value is -1.16. The fourth-order valence-electron chi connectivity index (χ4n) is 1.67. The summed E-state index contributed by atoms with van der Waals surface area (Å²) in [5.74, 6) is 0.943. The van der Waals surface area contributed by atoms with E-state index >= 15 is 0 Å². The highest BCUT2D eigenvalue weighted by Gasteiger charge is 2.12. The number of thioether (sulfide) groups is 1. The molecule has 2 rings (SSSR count). The van der Waals surface area contributed by atoms with Gasteiger partial charge in [0, 0.05) is 22.7 Å². The van der Waals surface area contributed by atoms with E-state index in [-0.39, 0.29) is 0 Å². The van der Waals surface area contributed by atoms with Crippen molar-refractivity contribution in [2.45, 2.75) is 30.0 Å². The van der Waals surface area contributed by atoms with Crippen LogP contribution in [-0.2, 0) is 0 Å². The predicted molar refractivity (Wildman–Crippen MR) is 74.7 cm³/mol. The lowest BCUT2D eigenvalue weighted by molar-refractivity contribution is 0.712. The van der Waals surface area contributed by atoms with E-state index in [0.717, 1.165) is 19.0 Å². The molecule has 0 saturated carbocycles. The van der Waals surface area contributed by atoms with Gasteiger partial charge in [0.05, 0.1) is 6.54 Å². The topological polar surface area (TPSA) is 36.4 Å². The number of guanidine groups is 1. The van der Waals surface area contributed by atoms with Crippen molar-refractivity contribution < 1.29 is 0 Å². The van der Waals surface area contributed by atoms with Gasteiger partial charge in [0.15, 0.2) is 5.96 Å². The average Bonchev–Trinajstić information content (AvgIpc) is 2.74. The molecule has 0 fully saturated rings. The average molecular weight is 249 g/mol. The number of nitrogens with zero attached hydrogens (tertiary/aromatic N) is 1. The number of rotatable bonds is 4. The first kappa shape index (κ1) is 12.3. The van der Waals surface area contributed by atoms with Crippen molar-refractivity contribution in [3.63, 3.8) is 0 Å². The standard InChI is InChI=1S/C13H19N3S/c1-10-8-14-13(16-10)15-9-11(2)17-12-6-4-3-5-7-12/h3-7,10-11H,8-9H2,1-2H3,(H2,14,15,16). The highest BCUT2D eigenvalue weighted by atomic mass is 32.2. The number of hydrogen-bond acceptors (Lipinski definition) is 4. The molecule has 2 unspecified atom stereocenters. The molecule has 0 aliphatic carbocycles. The molecule has 1 aromatic carbocycles. The summed E-state index contributed by atoms with van der Waals surface area (Å²) in [7, 11) is 0. The molecule has 0 radical (unpaired) electrons. The van der Waals surface area contributed by atoms with E-state index in [2.05, 4.69) is 53.7 Å². The zero-order valence-corrected chi connectivity index (χ0v) is 11.1. The van der Waals surface area contributed by atoms with Crippen LogP contribution in [0, 0.1) is 0 Å². The third kappa shape index (κ3) is 3.97. The molecule has 17 heavy (non-hydrogen) atoms. The van der Waals surface area contributed by atoms with Gasteiger partial charge in [-0.1, -0.05) is 25.1 Å². The van der Waals surface area contributed by atoms with E-state index in [1.807, 2.05) is 17.8 Å². The zero-order valence-electron chi connectivity index (χ0n) is 10.3. The Kier molecular flexibility index (Phi) is 4.31. The summed E-state index contributed by atoms with van der Waals surface area (Å²) in [6.45, 7) is 6.17. The minimum atomic E-state index is 0.467. The first-order chi connectivity index (χ1) is 8.24. The van der Waals surface area contributed by atoms with Gasteiger partial charge < -0.3 is 10.6 Å². The fraction of sp³-hybridized carbons (Fsp3) is 0.462. The smallest absolute Gasteiger partial charge is 0.191 e. The van der Waals surface area contributed by atoms with E-state index in [1.54, 1.807) is 0 Å². The Balaban J connectivity index is 1.73. The van der Waals surface area contributed by atoms with Gasteiger partial charge in [-0.05, 0) is 19.1 Å². The van der Waals surface area contributed by atoms with Gasteiger partial charge in [-0.25, -0.2) is 0 Å². The second-order valence-electron chi connectivity index (χ2n) is 4.36. The summed E-state index contributed by atoms with van der Waals surface area (Å²) in [5.41, 5.74) is 0. The van der Waals surface area contributed by atoms with E-state index in [0.29, 0.717) is 11.3 Å². The normalized spacial score (nSPS) is 20.6. The molecular formula is C13H19N3S. The first-order valence-corrected chi connectivity index (χ1v) is 6.88. The van der Waals surface area contributed by atoms with Gasteiger partial charge in [-0.3, -0.25) is 4.99 Å². The minimum Gasteiger partial charge on any atom is -0.355 e. The fourth-order valence-corrected chi connectivity index (χ4v) is 2.62. The lowest BCUT2D eigenvalue weighted by Crippen LogP contribution is -2.39. The molecule has 0 bridgehead atoms. The Labute approximate surface area is 107 Å². The molecule has 0 spiro atoms. The summed E-state index contributed by atoms with van der Waals surface area (Å²) in [5, 5.41) is 7.18. The molecule has 4 heteroatoms. The molecule has 92 valence electrons. The second kappa shape index (κ2) is 5.96. The van der Waals surface area contributed by atoms with E-state index < -0.39 is 0 Å².